The van der Waals surface area contributed by atoms with Crippen molar-refractivity contribution in [1.29, 1.82) is 0 Å². The van der Waals surface area contributed by atoms with E-state index < -0.39 is 10.8 Å². The van der Waals surface area contributed by atoms with Crippen LogP contribution in [0.25, 0.3) is 12.2 Å². The highest BCUT2D eigenvalue weighted by molar-refractivity contribution is 7.84. The standard InChI is InChI=1S/C20H18O4S/c1-25(24)20-5-3-2-4-16(20)9-13-19(23)14-18(22)12-8-15-6-10-17(21)11-7-15/h2-13,21H,14H2,1H3/b12-8+,13-9+. The predicted molar refractivity (Wildman–Crippen MR) is 99.6 cm³/mol. The molecule has 2 aromatic rings. The van der Waals surface area contributed by atoms with Gasteiger partial charge in [0, 0.05) is 11.2 Å². The summed E-state index contributed by atoms with van der Waals surface area (Å²) in [6.45, 7) is 0. The van der Waals surface area contributed by atoms with Crippen molar-refractivity contribution in [3.63, 3.8) is 0 Å². The maximum absolute atomic E-state index is 11.9. The molecule has 0 saturated heterocycles. The number of ketones is 2. The molecule has 0 amide bonds. The third-order valence-corrected chi connectivity index (χ3v) is 4.37. The molecule has 25 heavy (non-hydrogen) atoms. The first-order valence-corrected chi connectivity index (χ1v) is 9.15. The van der Waals surface area contributed by atoms with E-state index in [0.717, 1.165) is 5.56 Å². The van der Waals surface area contributed by atoms with Crippen molar-refractivity contribution in [2.24, 2.45) is 0 Å². The third-order valence-electron chi connectivity index (χ3n) is 3.38. The highest BCUT2D eigenvalue weighted by Gasteiger charge is 2.06. The highest BCUT2D eigenvalue weighted by atomic mass is 32.2. The van der Waals surface area contributed by atoms with Crippen molar-refractivity contribution in [1.82, 2.24) is 0 Å². The number of carbonyl (C=O) groups excluding carboxylic acids is 2. The van der Waals surface area contributed by atoms with Crippen LogP contribution < -0.4 is 0 Å². The van der Waals surface area contributed by atoms with Crippen LogP contribution in [0.2, 0.25) is 0 Å². The molecule has 1 atom stereocenters. The molecule has 4 nitrogen and oxygen atoms in total. The van der Waals surface area contributed by atoms with Crippen molar-refractivity contribution in [3.05, 3.63) is 71.8 Å². The summed E-state index contributed by atoms with van der Waals surface area (Å²) in [4.78, 5) is 24.4. The largest absolute Gasteiger partial charge is 0.508 e. The van der Waals surface area contributed by atoms with E-state index in [1.54, 1.807) is 54.8 Å². The second kappa shape index (κ2) is 8.89. The smallest absolute Gasteiger partial charge is 0.163 e. The van der Waals surface area contributed by atoms with Gasteiger partial charge >= 0.3 is 0 Å². The zero-order valence-electron chi connectivity index (χ0n) is 13.7. The fourth-order valence-corrected chi connectivity index (χ4v) is 2.87. The lowest BCUT2D eigenvalue weighted by Crippen LogP contribution is -2.02. The van der Waals surface area contributed by atoms with Crippen LogP contribution in [-0.4, -0.2) is 27.1 Å². The summed E-state index contributed by atoms with van der Waals surface area (Å²) in [6.07, 6.45) is 7.18. The Morgan fingerprint density at radius 1 is 0.960 bits per heavy atom. The predicted octanol–water partition coefficient (Wildman–Crippen LogP) is 3.38. The number of rotatable bonds is 7. The van der Waals surface area contributed by atoms with Crippen molar-refractivity contribution in [2.75, 3.05) is 6.26 Å². The van der Waals surface area contributed by atoms with Crippen LogP contribution in [0.4, 0.5) is 0 Å². The average Bonchev–Trinajstić information content (AvgIpc) is 2.59. The Morgan fingerprint density at radius 2 is 1.56 bits per heavy atom. The maximum Gasteiger partial charge on any atom is 0.163 e. The van der Waals surface area contributed by atoms with E-state index >= 15 is 0 Å². The monoisotopic (exact) mass is 354 g/mol. The molecular formula is C20H18O4S. The Kier molecular flexibility index (Phi) is 6.60. The van der Waals surface area contributed by atoms with Gasteiger partial charge in [-0.05, 0) is 41.5 Å². The van der Waals surface area contributed by atoms with Gasteiger partial charge in [0.25, 0.3) is 0 Å². The summed E-state index contributed by atoms with van der Waals surface area (Å²) in [6, 6.07) is 13.5. The van der Waals surface area contributed by atoms with E-state index in [-0.39, 0.29) is 23.7 Å². The van der Waals surface area contributed by atoms with E-state index in [1.807, 2.05) is 0 Å². The first kappa shape index (κ1) is 18.5. The fourth-order valence-electron chi connectivity index (χ4n) is 2.13. The van der Waals surface area contributed by atoms with E-state index in [9.17, 15) is 18.9 Å². The Balaban J connectivity index is 1.96. The van der Waals surface area contributed by atoms with Crippen molar-refractivity contribution in [2.45, 2.75) is 11.3 Å². The Morgan fingerprint density at radius 3 is 2.20 bits per heavy atom. The summed E-state index contributed by atoms with van der Waals surface area (Å²) in [5, 5.41) is 9.20. The quantitative estimate of drug-likeness (QED) is 0.611. The molecule has 2 aromatic carbocycles. The summed E-state index contributed by atoms with van der Waals surface area (Å²) < 4.78 is 11.6. The minimum Gasteiger partial charge on any atom is -0.508 e. The van der Waals surface area contributed by atoms with Crippen LogP contribution in [0.1, 0.15) is 17.5 Å². The number of allylic oxidation sites excluding steroid dienone is 2. The minimum absolute atomic E-state index is 0.150. The molecule has 5 heteroatoms. The Labute approximate surface area is 149 Å². The van der Waals surface area contributed by atoms with E-state index in [4.69, 9.17) is 0 Å². The molecule has 128 valence electrons. The van der Waals surface area contributed by atoms with Gasteiger partial charge in [-0.3, -0.25) is 13.8 Å². The van der Waals surface area contributed by atoms with Crippen LogP contribution in [0.5, 0.6) is 5.75 Å². The molecule has 0 aliphatic carbocycles. The lowest BCUT2D eigenvalue weighted by Gasteiger charge is -2.01. The van der Waals surface area contributed by atoms with Crippen molar-refractivity contribution in [3.8, 4) is 5.75 Å². The molecule has 0 spiro atoms. The Hall–Kier alpha value is -2.79. The summed E-state index contributed by atoms with van der Waals surface area (Å²) in [5.74, 6) is -0.482. The average molecular weight is 354 g/mol. The Bertz CT molecular complexity index is 848. The topological polar surface area (TPSA) is 71.4 Å². The van der Waals surface area contributed by atoms with Gasteiger partial charge in [-0.2, -0.15) is 0 Å². The van der Waals surface area contributed by atoms with Gasteiger partial charge in [-0.1, -0.05) is 42.5 Å². The zero-order chi connectivity index (χ0) is 18.2. The number of phenolic OH excluding ortho intramolecular Hbond substituents is 1. The minimum atomic E-state index is -1.15. The molecule has 0 aromatic heterocycles. The molecular weight excluding hydrogens is 336 g/mol. The molecule has 0 radical (unpaired) electrons. The molecule has 1 N–H and O–H groups in total. The van der Waals surface area contributed by atoms with Gasteiger partial charge in [0.1, 0.15) is 5.75 Å². The van der Waals surface area contributed by atoms with Crippen LogP contribution in [0, 0.1) is 0 Å². The molecule has 2 rings (SSSR count). The highest BCUT2D eigenvalue weighted by Crippen LogP contribution is 2.14. The summed E-state index contributed by atoms with van der Waals surface area (Å²) >= 11 is 0. The molecule has 0 heterocycles. The number of phenols is 1. The van der Waals surface area contributed by atoms with E-state index in [0.29, 0.717) is 10.5 Å². The maximum atomic E-state index is 11.9. The fraction of sp³-hybridized carbons (Fsp3) is 0.100. The lowest BCUT2D eigenvalue weighted by atomic mass is 10.1. The molecule has 0 bridgehead atoms. The van der Waals surface area contributed by atoms with E-state index in [1.165, 1.54) is 24.3 Å². The lowest BCUT2D eigenvalue weighted by molar-refractivity contribution is -0.121. The third kappa shape index (κ3) is 5.97. The number of carbonyl (C=O) groups is 2. The van der Waals surface area contributed by atoms with Crippen molar-refractivity contribution >= 4 is 34.5 Å². The summed E-state index contributed by atoms with van der Waals surface area (Å²) in [7, 11) is -1.15. The van der Waals surface area contributed by atoms with Gasteiger partial charge in [0.2, 0.25) is 0 Å². The van der Waals surface area contributed by atoms with Crippen LogP contribution in [0.3, 0.4) is 0 Å². The van der Waals surface area contributed by atoms with Gasteiger partial charge in [0.15, 0.2) is 11.6 Å². The molecule has 0 aliphatic heterocycles. The van der Waals surface area contributed by atoms with Gasteiger partial charge in [-0.15, -0.1) is 0 Å². The SMILES string of the molecule is CS(=O)c1ccccc1/C=C/C(=O)CC(=O)/C=C/c1ccc(O)cc1. The van der Waals surface area contributed by atoms with E-state index in [2.05, 4.69) is 0 Å². The molecule has 0 fully saturated rings. The number of hydrogen-bond acceptors (Lipinski definition) is 4. The summed E-state index contributed by atoms with van der Waals surface area (Å²) in [5.41, 5.74) is 1.46. The number of aromatic hydroxyl groups is 1. The van der Waals surface area contributed by atoms with Gasteiger partial charge in [-0.25, -0.2) is 0 Å². The van der Waals surface area contributed by atoms with Crippen LogP contribution >= 0.6 is 0 Å². The molecule has 0 aliphatic rings. The van der Waals surface area contributed by atoms with Gasteiger partial charge < -0.3 is 5.11 Å². The number of benzene rings is 2. The van der Waals surface area contributed by atoms with Crippen LogP contribution in [0.15, 0.2) is 65.6 Å². The normalized spacial score (nSPS) is 12.5. The number of hydrogen-bond donors (Lipinski definition) is 1. The zero-order valence-corrected chi connectivity index (χ0v) is 14.5. The van der Waals surface area contributed by atoms with Crippen LogP contribution in [-0.2, 0) is 20.4 Å². The second-order valence-electron chi connectivity index (χ2n) is 5.36. The first-order chi connectivity index (χ1) is 12.0. The van der Waals surface area contributed by atoms with Gasteiger partial charge in [0.05, 0.1) is 17.2 Å². The second-order valence-corrected chi connectivity index (χ2v) is 6.71. The molecule has 1 unspecified atom stereocenters. The molecule has 0 saturated carbocycles. The first-order valence-electron chi connectivity index (χ1n) is 7.59. The van der Waals surface area contributed by atoms with Crippen molar-refractivity contribution < 1.29 is 18.9 Å².